The lowest BCUT2D eigenvalue weighted by Gasteiger charge is -2.30. The van der Waals surface area contributed by atoms with Gasteiger partial charge in [0, 0.05) is 16.6 Å². The van der Waals surface area contributed by atoms with Crippen LogP contribution in [0.3, 0.4) is 0 Å². The van der Waals surface area contributed by atoms with Crippen LogP contribution in [0, 0.1) is 0 Å². The van der Waals surface area contributed by atoms with Gasteiger partial charge >= 0.3 is 0 Å². The summed E-state index contributed by atoms with van der Waals surface area (Å²) in [5.74, 6) is 0. The number of nitrogens with zero attached hydrogens (tertiary/aromatic N) is 1. The molecular formula is C27H38N2O3S. The summed E-state index contributed by atoms with van der Waals surface area (Å²) >= 11 is 0. The van der Waals surface area contributed by atoms with E-state index >= 15 is 0 Å². The Bertz CT molecular complexity index is 1100. The maximum absolute atomic E-state index is 10.8. The normalized spacial score (nSPS) is 11.8. The molecule has 0 heterocycles. The Hall–Kier alpha value is -2.41. The van der Waals surface area contributed by atoms with Crippen LogP contribution >= 0.6 is 0 Å². The molecule has 0 aromatic heterocycles. The highest BCUT2D eigenvalue weighted by Gasteiger charge is 2.14. The number of benzene rings is 3. The summed E-state index contributed by atoms with van der Waals surface area (Å²) < 4.78 is 33.5. The third kappa shape index (κ3) is 9.54. The summed E-state index contributed by atoms with van der Waals surface area (Å²) in [6.07, 6.45) is 8.35. The van der Waals surface area contributed by atoms with Crippen molar-refractivity contribution in [3.8, 4) is 0 Å². The predicted octanol–water partition coefficient (Wildman–Crippen LogP) is 5.95. The van der Waals surface area contributed by atoms with E-state index in [1.165, 1.54) is 62.8 Å². The van der Waals surface area contributed by atoms with Crippen LogP contribution in [-0.2, 0) is 16.7 Å². The Balaban J connectivity index is 0.000000237. The molecule has 0 spiro atoms. The number of nitrogens with two attached hydrogens (primary N) is 1. The van der Waals surface area contributed by atoms with Gasteiger partial charge in [-0.15, -0.1) is 0 Å². The van der Waals surface area contributed by atoms with Crippen molar-refractivity contribution < 1.29 is 17.5 Å². The van der Waals surface area contributed by atoms with Gasteiger partial charge in [0.25, 0.3) is 0 Å². The molecule has 0 aliphatic heterocycles. The Morgan fingerprint density at radius 2 is 1.52 bits per heavy atom. The van der Waals surface area contributed by atoms with E-state index in [-0.39, 0.29) is 4.90 Å². The zero-order chi connectivity index (χ0) is 24.3. The number of anilines is 1. The zero-order valence-corrected chi connectivity index (χ0v) is 21.0. The second-order valence-electron chi connectivity index (χ2n) is 9.26. The quantitative estimate of drug-likeness (QED) is 0.172. The van der Waals surface area contributed by atoms with Crippen molar-refractivity contribution in [1.82, 2.24) is 0 Å². The Morgan fingerprint density at radius 3 is 2.18 bits per heavy atom. The van der Waals surface area contributed by atoms with E-state index < -0.39 is 10.1 Å². The molecule has 5 nitrogen and oxygen atoms in total. The molecule has 2 N–H and O–H groups in total. The minimum Gasteiger partial charge on any atom is -0.744 e. The summed E-state index contributed by atoms with van der Waals surface area (Å²) in [4.78, 5) is -0.257. The lowest BCUT2D eigenvalue weighted by molar-refractivity contribution is -0.903. The fourth-order valence-electron chi connectivity index (χ4n) is 3.91. The van der Waals surface area contributed by atoms with Crippen LogP contribution in [0.2, 0.25) is 0 Å². The summed E-state index contributed by atoms with van der Waals surface area (Å²) in [7, 11) is 0.276. The van der Waals surface area contributed by atoms with Crippen LogP contribution in [0.15, 0.2) is 71.6 Å². The standard InChI is InChI=1S/C17H30N.C10H9NO3S/c1-4-5-6-7-8-12-15-18(2,3)16-17-13-10-9-11-14-17;11-10-3-1-2-7-4-5-8(6-9(7)10)15(12,13)14/h9-11,13-14H,4-8,12,15-16H2,1-3H3;1-6H,11H2,(H,12,13,14)/q+1;/p-1. The molecule has 0 aliphatic rings. The second kappa shape index (κ2) is 12.7. The third-order valence-corrected chi connectivity index (χ3v) is 6.58. The summed E-state index contributed by atoms with van der Waals surface area (Å²) in [5, 5.41) is 1.39. The summed E-state index contributed by atoms with van der Waals surface area (Å²) in [6, 6.07) is 20.2. The van der Waals surface area contributed by atoms with Crippen LogP contribution in [0.1, 0.15) is 51.0 Å². The van der Waals surface area contributed by atoms with Crippen LogP contribution in [-0.4, -0.2) is 38.1 Å². The Labute approximate surface area is 199 Å². The topological polar surface area (TPSA) is 83.2 Å². The molecule has 0 saturated carbocycles. The lowest BCUT2D eigenvalue weighted by Crippen LogP contribution is -2.39. The van der Waals surface area contributed by atoms with Crippen LogP contribution < -0.4 is 5.73 Å². The zero-order valence-electron chi connectivity index (χ0n) is 20.2. The number of rotatable bonds is 10. The molecular weight excluding hydrogens is 432 g/mol. The Morgan fingerprint density at radius 1 is 0.848 bits per heavy atom. The van der Waals surface area contributed by atoms with E-state index in [0.29, 0.717) is 11.1 Å². The van der Waals surface area contributed by atoms with Gasteiger partial charge in [-0.2, -0.15) is 0 Å². The average molecular weight is 471 g/mol. The first-order valence-electron chi connectivity index (χ1n) is 11.7. The first-order chi connectivity index (χ1) is 15.6. The van der Waals surface area contributed by atoms with Crippen molar-refractivity contribution >= 4 is 26.6 Å². The minimum absolute atomic E-state index is 0.257. The monoisotopic (exact) mass is 470 g/mol. The number of hydrogen-bond acceptors (Lipinski definition) is 4. The SMILES string of the molecule is CCCCCCCC[N+](C)(C)Cc1ccccc1.Nc1cccc2ccc(S(=O)(=O)[O-])cc12. The van der Waals surface area contributed by atoms with Crippen molar-refractivity contribution in [1.29, 1.82) is 0 Å². The van der Waals surface area contributed by atoms with Gasteiger partial charge in [0.2, 0.25) is 0 Å². The second-order valence-corrected chi connectivity index (χ2v) is 10.6. The van der Waals surface area contributed by atoms with E-state index in [1.54, 1.807) is 24.3 Å². The molecule has 0 amide bonds. The van der Waals surface area contributed by atoms with Gasteiger partial charge in [-0.1, -0.05) is 81.1 Å². The van der Waals surface area contributed by atoms with Gasteiger partial charge < -0.3 is 14.8 Å². The van der Waals surface area contributed by atoms with E-state index in [2.05, 4.69) is 51.4 Å². The molecule has 0 radical (unpaired) electrons. The van der Waals surface area contributed by atoms with Crippen molar-refractivity contribution in [3.63, 3.8) is 0 Å². The minimum atomic E-state index is -4.42. The first kappa shape index (κ1) is 26.8. The van der Waals surface area contributed by atoms with Gasteiger partial charge in [-0.3, -0.25) is 0 Å². The molecule has 6 heteroatoms. The smallest absolute Gasteiger partial charge is 0.124 e. The van der Waals surface area contributed by atoms with E-state index in [1.807, 2.05) is 0 Å². The van der Waals surface area contributed by atoms with Crippen molar-refractivity contribution in [2.45, 2.75) is 56.9 Å². The van der Waals surface area contributed by atoms with Gasteiger partial charge in [0.05, 0.1) is 25.5 Å². The molecule has 3 aromatic carbocycles. The largest absolute Gasteiger partial charge is 0.744 e. The fraction of sp³-hybridized carbons (Fsp3) is 0.407. The third-order valence-electron chi connectivity index (χ3n) is 5.75. The van der Waals surface area contributed by atoms with Gasteiger partial charge in [0.15, 0.2) is 0 Å². The van der Waals surface area contributed by atoms with Crippen molar-refractivity contribution in [3.05, 3.63) is 72.3 Å². The fourth-order valence-corrected chi connectivity index (χ4v) is 4.41. The van der Waals surface area contributed by atoms with E-state index in [9.17, 15) is 13.0 Å². The number of fused-ring (bicyclic) bond motifs is 1. The molecule has 33 heavy (non-hydrogen) atoms. The van der Waals surface area contributed by atoms with Crippen LogP contribution in [0.4, 0.5) is 5.69 Å². The molecule has 0 fully saturated rings. The lowest BCUT2D eigenvalue weighted by atomic mass is 10.1. The number of nitrogen functional groups attached to an aromatic ring is 1. The first-order valence-corrected chi connectivity index (χ1v) is 13.1. The molecule has 3 aromatic rings. The number of unbranched alkanes of at least 4 members (excludes halogenated alkanes) is 5. The molecule has 0 atom stereocenters. The van der Waals surface area contributed by atoms with Crippen LogP contribution in [0.5, 0.6) is 0 Å². The predicted molar refractivity (Wildman–Crippen MR) is 137 cm³/mol. The van der Waals surface area contributed by atoms with Crippen molar-refractivity contribution in [2.24, 2.45) is 0 Å². The van der Waals surface area contributed by atoms with E-state index in [4.69, 9.17) is 5.73 Å². The average Bonchev–Trinajstić information content (AvgIpc) is 2.76. The highest BCUT2D eigenvalue weighted by molar-refractivity contribution is 7.85. The van der Waals surface area contributed by atoms with Gasteiger partial charge in [0.1, 0.15) is 16.7 Å². The molecule has 0 bridgehead atoms. The van der Waals surface area contributed by atoms with Gasteiger partial charge in [-0.25, -0.2) is 8.42 Å². The highest BCUT2D eigenvalue weighted by Crippen LogP contribution is 2.23. The molecule has 0 saturated heterocycles. The summed E-state index contributed by atoms with van der Waals surface area (Å²) in [5.41, 5.74) is 7.58. The maximum atomic E-state index is 10.8. The molecule has 0 unspecified atom stereocenters. The molecule has 3 rings (SSSR count). The highest BCUT2D eigenvalue weighted by atomic mass is 32.2. The van der Waals surface area contributed by atoms with Crippen molar-refractivity contribution in [2.75, 3.05) is 26.4 Å². The van der Waals surface area contributed by atoms with Gasteiger partial charge in [-0.05, 0) is 36.4 Å². The molecule has 0 aliphatic carbocycles. The van der Waals surface area contributed by atoms with Crippen LogP contribution in [0.25, 0.3) is 10.8 Å². The number of quaternary nitrogens is 1. The Kier molecular flexibility index (Phi) is 10.4. The molecule has 180 valence electrons. The number of hydrogen-bond donors (Lipinski definition) is 1. The maximum Gasteiger partial charge on any atom is 0.124 e. The summed E-state index contributed by atoms with van der Waals surface area (Å²) in [6.45, 7) is 4.72. The van der Waals surface area contributed by atoms with E-state index in [0.717, 1.165) is 16.4 Å².